The molecule has 0 spiro atoms. The van der Waals surface area contributed by atoms with E-state index in [1.54, 1.807) is 19.1 Å². The molecule has 0 fully saturated rings. The normalized spacial score (nSPS) is 12.8. The van der Waals surface area contributed by atoms with Crippen molar-refractivity contribution in [2.24, 2.45) is 0 Å². The van der Waals surface area contributed by atoms with Gasteiger partial charge in [0.1, 0.15) is 11.0 Å². The van der Waals surface area contributed by atoms with Crippen LogP contribution in [0.2, 0.25) is 0 Å². The Bertz CT molecular complexity index is 822. The highest BCUT2D eigenvalue weighted by molar-refractivity contribution is 9.10. The molecule has 0 saturated heterocycles. The van der Waals surface area contributed by atoms with E-state index in [0.717, 1.165) is 22.3 Å². The molecule has 136 valence electrons. The second-order valence-corrected chi connectivity index (χ2v) is 8.97. The van der Waals surface area contributed by atoms with Gasteiger partial charge in [0, 0.05) is 10.9 Å². The van der Waals surface area contributed by atoms with Gasteiger partial charge in [-0.1, -0.05) is 41.1 Å². The summed E-state index contributed by atoms with van der Waals surface area (Å²) in [6.07, 6.45) is 2.04. The molecule has 10 heteroatoms. The monoisotopic (exact) mass is 446 g/mol. The lowest BCUT2D eigenvalue weighted by Gasteiger charge is -2.16. The molecule has 2 aromatic rings. The van der Waals surface area contributed by atoms with Crippen molar-refractivity contribution >= 4 is 48.3 Å². The fourth-order valence-electron chi connectivity index (χ4n) is 2.00. The number of hydrogen-bond acceptors (Lipinski definition) is 6. The van der Waals surface area contributed by atoms with Gasteiger partial charge in [0.25, 0.3) is 0 Å². The van der Waals surface area contributed by atoms with Crippen LogP contribution in [0, 0.1) is 0 Å². The van der Waals surface area contributed by atoms with Crippen LogP contribution in [0.5, 0.6) is 0 Å². The number of sulfonamides is 1. The summed E-state index contributed by atoms with van der Waals surface area (Å²) in [4.78, 5) is 12.5. The zero-order chi connectivity index (χ0) is 18.4. The molecule has 2 N–H and O–H groups in total. The minimum atomic E-state index is -3.79. The van der Waals surface area contributed by atoms with Crippen LogP contribution in [0.3, 0.4) is 0 Å². The molecule has 1 aromatic heterocycles. The lowest BCUT2D eigenvalue weighted by atomic mass is 10.2. The minimum Gasteiger partial charge on any atom is -0.299 e. The summed E-state index contributed by atoms with van der Waals surface area (Å²) < 4.78 is 28.1. The Morgan fingerprint density at radius 2 is 1.92 bits per heavy atom. The van der Waals surface area contributed by atoms with Crippen LogP contribution in [0.4, 0.5) is 5.13 Å². The summed E-state index contributed by atoms with van der Waals surface area (Å²) in [7, 11) is -3.79. The van der Waals surface area contributed by atoms with Crippen molar-refractivity contribution in [2.75, 3.05) is 5.32 Å². The van der Waals surface area contributed by atoms with Gasteiger partial charge in [0.15, 0.2) is 0 Å². The molecule has 1 aromatic carbocycles. The molecule has 1 atom stereocenters. The van der Waals surface area contributed by atoms with Gasteiger partial charge >= 0.3 is 0 Å². The van der Waals surface area contributed by atoms with Crippen molar-refractivity contribution in [1.29, 1.82) is 0 Å². The van der Waals surface area contributed by atoms with Gasteiger partial charge in [-0.15, -0.1) is 10.2 Å². The second kappa shape index (κ2) is 8.84. The van der Waals surface area contributed by atoms with Gasteiger partial charge in [-0.3, -0.25) is 10.1 Å². The standard InChI is InChI=1S/C15H19BrN4O3S2/c1-3-5-13-18-19-15(24-13)17-14(21)12(4-2)20-25(22,23)11-8-6-10(16)7-9-11/h6-9,12,20H,3-5H2,1-2H3,(H,17,19,21). The van der Waals surface area contributed by atoms with E-state index in [9.17, 15) is 13.2 Å². The summed E-state index contributed by atoms with van der Waals surface area (Å²) in [5.41, 5.74) is 0. The van der Waals surface area contributed by atoms with Crippen molar-refractivity contribution in [3.05, 3.63) is 33.7 Å². The van der Waals surface area contributed by atoms with Crippen molar-refractivity contribution in [3.8, 4) is 0 Å². The maximum Gasteiger partial charge on any atom is 0.244 e. The number of anilines is 1. The lowest BCUT2D eigenvalue weighted by Crippen LogP contribution is -2.43. The molecule has 0 radical (unpaired) electrons. The number of carbonyl (C=O) groups is 1. The third-order valence-electron chi connectivity index (χ3n) is 3.31. The Kier molecular flexibility index (Phi) is 7.05. The molecule has 0 aliphatic carbocycles. The fraction of sp³-hybridized carbons (Fsp3) is 0.400. The number of nitrogens with zero attached hydrogens (tertiary/aromatic N) is 2. The lowest BCUT2D eigenvalue weighted by molar-refractivity contribution is -0.117. The summed E-state index contributed by atoms with van der Waals surface area (Å²) in [6, 6.07) is 5.31. The Morgan fingerprint density at radius 1 is 1.24 bits per heavy atom. The van der Waals surface area contributed by atoms with Gasteiger partial charge in [0.05, 0.1) is 4.90 Å². The van der Waals surface area contributed by atoms with E-state index >= 15 is 0 Å². The number of halogens is 1. The molecule has 1 heterocycles. The summed E-state index contributed by atoms with van der Waals surface area (Å²) in [5, 5.41) is 11.7. The van der Waals surface area contributed by atoms with E-state index in [-0.39, 0.29) is 4.90 Å². The van der Waals surface area contributed by atoms with Crippen molar-refractivity contribution in [2.45, 2.75) is 44.0 Å². The summed E-state index contributed by atoms with van der Waals surface area (Å²) in [5.74, 6) is -0.456. The Hall–Kier alpha value is -1.36. The van der Waals surface area contributed by atoms with Gasteiger partial charge in [-0.2, -0.15) is 4.72 Å². The van der Waals surface area contributed by atoms with Crippen LogP contribution in [0.25, 0.3) is 0 Å². The zero-order valence-electron chi connectivity index (χ0n) is 13.8. The number of hydrogen-bond donors (Lipinski definition) is 2. The van der Waals surface area contributed by atoms with E-state index in [1.165, 1.54) is 23.5 Å². The van der Waals surface area contributed by atoms with E-state index in [2.05, 4.69) is 36.2 Å². The Balaban J connectivity index is 2.07. The van der Waals surface area contributed by atoms with Crippen LogP contribution in [-0.4, -0.2) is 30.6 Å². The number of aromatic nitrogens is 2. The zero-order valence-corrected chi connectivity index (χ0v) is 17.0. The average Bonchev–Trinajstić information content (AvgIpc) is 3.00. The van der Waals surface area contributed by atoms with Gasteiger partial charge in [-0.05, 0) is 37.1 Å². The Morgan fingerprint density at radius 3 is 2.52 bits per heavy atom. The summed E-state index contributed by atoms with van der Waals surface area (Å²) in [6.45, 7) is 3.76. The molecular weight excluding hydrogens is 428 g/mol. The number of carbonyl (C=O) groups excluding carboxylic acids is 1. The first kappa shape index (κ1) is 20.0. The van der Waals surface area contributed by atoms with Crippen molar-refractivity contribution in [3.63, 3.8) is 0 Å². The van der Waals surface area contributed by atoms with Crippen LogP contribution in [0.15, 0.2) is 33.6 Å². The molecule has 0 aliphatic rings. The molecule has 1 amide bonds. The van der Waals surface area contributed by atoms with Gasteiger partial charge in [-0.25, -0.2) is 8.42 Å². The third-order valence-corrected chi connectivity index (χ3v) is 6.22. The SMILES string of the molecule is CCCc1nnc(NC(=O)C(CC)NS(=O)(=O)c2ccc(Br)cc2)s1. The molecule has 1 unspecified atom stereocenters. The van der Waals surface area contributed by atoms with E-state index in [4.69, 9.17) is 0 Å². The molecule has 25 heavy (non-hydrogen) atoms. The molecular formula is C15H19BrN4O3S2. The van der Waals surface area contributed by atoms with Crippen molar-refractivity contribution < 1.29 is 13.2 Å². The molecule has 2 rings (SSSR count). The van der Waals surface area contributed by atoms with Crippen LogP contribution < -0.4 is 10.0 Å². The quantitative estimate of drug-likeness (QED) is 0.648. The maximum atomic E-state index is 12.4. The first-order valence-electron chi connectivity index (χ1n) is 7.76. The van der Waals surface area contributed by atoms with E-state index in [1.807, 2.05) is 6.92 Å². The van der Waals surface area contributed by atoms with Crippen LogP contribution >= 0.6 is 27.3 Å². The highest BCUT2D eigenvalue weighted by atomic mass is 79.9. The largest absolute Gasteiger partial charge is 0.299 e. The molecule has 7 nitrogen and oxygen atoms in total. The third kappa shape index (κ3) is 5.56. The topological polar surface area (TPSA) is 101 Å². The molecule has 0 bridgehead atoms. The van der Waals surface area contributed by atoms with Crippen molar-refractivity contribution in [1.82, 2.24) is 14.9 Å². The Labute approximate surface area is 159 Å². The summed E-state index contributed by atoms with van der Waals surface area (Å²) >= 11 is 4.55. The smallest absolute Gasteiger partial charge is 0.244 e. The van der Waals surface area contributed by atoms with Crippen LogP contribution in [-0.2, 0) is 21.2 Å². The first-order chi connectivity index (χ1) is 11.9. The number of rotatable bonds is 8. The highest BCUT2D eigenvalue weighted by Crippen LogP contribution is 2.18. The number of benzene rings is 1. The van der Waals surface area contributed by atoms with Crippen LogP contribution in [0.1, 0.15) is 31.7 Å². The predicted octanol–water partition coefficient (Wildman–Crippen LogP) is 2.95. The molecule has 0 aliphatic heterocycles. The second-order valence-electron chi connectivity index (χ2n) is 5.28. The number of nitrogens with one attached hydrogen (secondary N) is 2. The maximum absolute atomic E-state index is 12.4. The fourth-order valence-corrected chi connectivity index (χ4v) is 4.39. The van der Waals surface area contributed by atoms with E-state index in [0.29, 0.717) is 11.6 Å². The number of amides is 1. The van der Waals surface area contributed by atoms with Gasteiger partial charge < -0.3 is 0 Å². The minimum absolute atomic E-state index is 0.100. The van der Waals surface area contributed by atoms with Gasteiger partial charge in [0.2, 0.25) is 21.1 Å². The average molecular weight is 447 g/mol. The predicted molar refractivity (Wildman–Crippen MR) is 101 cm³/mol. The highest BCUT2D eigenvalue weighted by Gasteiger charge is 2.25. The molecule has 0 saturated carbocycles. The number of aryl methyl sites for hydroxylation is 1. The van der Waals surface area contributed by atoms with E-state index < -0.39 is 22.0 Å². The first-order valence-corrected chi connectivity index (χ1v) is 10.9.